The predicted molar refractivity (Wildman–Crippen MR) is 106 cm³/mol. The molecule has 1 aliphatic carbocycles. The number of hydrogen-bond acceptors (Lipinski definition) is 4. The zero-order valence-electron chi connectivity index (χ0n) is 16.8. The van der Waals surface area contributed by atoms with E-state index in [1.54, 1.807) is 11.5 Å². The third-order valence-electron chi connectivity index (χ3n) is 6.09. The molecule has 2 fully saturated rings. The molecule has 1 aromatic carbocycles. The number of aromatic nitrogens is 1. The quantitative estimate of drug-likeness (QED) is 0.800. The molecule has 1 aliphatic heterocycles. The molecule has 6 nitrogen and oxygen atoms in total. The van der Waals surface area contributed by atoms with E-state index >= 15 is 0 Å². The van der Waals surface area contributed by atoms with E-state index in [1.165, 1.54) is 5.56 Å². The highest BCUT2D eigenvalue weighted by Gasteiger charge is 2.52. The van der Waals surface area contributed by atoms with Crippen LogP contribution in [0, 0.1) is 0 Å². The molecule has 28 heavy (non-hydrogen) atoms. The minimum absolute atomic E-state index is 0.135. The van der Waals surface area contributed by atoms with Gasteiger partial charge in [-0.2, -0.15) is 0 Å². The van der Waals surface area contributed by atoms with Gasteiger partial charge < -0.3 is 19.8 Å². The Balaban J connectivity index is 1.80. The van der Waals surface area contributed by atoms with Gasteiger partial charge in [0.15, 0.2) is 0 Å². The molecule has 2 aliphatic rings. The summed E-state index contributed by atoms with van der Waals surface area (Å²) in [5, 5.41) is 0.942. The number of primary amides is 1. The summed E-state index contributed by atoms with van der Waals surface area (Å²) in [5.74, 6) is -0.403. The molecule has 0 spiro atoms. The fourth-order valence-corrected chi connectivity index (χ4v) is 4.52. The summed E-state index contributed by atoms with van der Waals surface area (Å²) < 4.78 is 12.9. The molecule has 2 N–H and O–H groups in total. The highest BCUT2D eigenvalue weighted by atomic mass is 16.5. The molecule has 0 radical (unpaired) electrons. The number of hydrogen-bond donors (Lipinski definition) is 1. The summed E-state index contributed by atoms with van der Waals surface area (Å²) in [6.45, 7) is 7.05. The summed E-state index contributed by atoms with van der Waals surface area (Å²) >= 11 is 0. The third kappa shape index (κ3) is 3.09. The number of nitrogens with two attached hydrogens (primary N) is 1. The van der Waals surface area contributed by atoms with Crippen LogP contribution in [0.3, 0.4) is 0 Å². The van der Waals surface area contributed by atoms with Crippen molar-refractivity contribution in [1.29, 1.82) is 0 Å². The number of benzene rings is 1. The Hall–Kier alpha value is -2.34. The van der Waals surface area contributed by atoms with Crippen LogP contribution in [0.2, 0.25) is 0 Å². The average Bonchev–Trinajstić information content (AvgIpc) is 3.35. The lowest BCUT2D eigenvalue weighted by atomic mass is 9.83. The summed E-state index contributed by atoms with van der Waals surface area (Å²) in [6.07, 6.45) is 3.23. The standard InChI is InChI=1S/C22H28N2O4/c1-4-27-19(25)18-12-16-11-14(15-7-10-28-21(2,3)13-15)5-6-17(16)24(18)22(8-9-22)20(23)26/h5-6,11-12,15H,4,7-10,13H2,1-3H3,(H2,23,26). The normalized spacial score (nSPS) is 22.8. The number of carbonyl (C=O) groups is 2. The van der Waals surface area contributed by atoms with Crippen molar-refractivity contribution in [1.82, 2.24) is 4.57 Å². The van der Waals surface area contributed by atoms with Gasteiger partial charge in [-0.05, 0) is 76.1 Å². The molecular weight excluding hydrogens is 356 g/mol. The number of nitrogens with zero attached hydrogens (tertiary/aromatic N) is 1. The number of rotatable bonds is 5. The second-order valence-corrected chi connectivity index (χ2v) is 8.60. The Morgan fingerprint density at radius 3 is 2.64 bits per heavy atom. The number of carbonyl (C=O) groups excluding carboxylic acids is 2. The van der Waals surface area contributed by atoms with Crippen LogP contribution in [0.1, 0.15) is 68.4 Å². The highest BCUT2D eigenvalue weighted by molar-refractivity contribution is 5.99. The summed E-state index contributed by atoms with van der Waals surface area (Å²) in [4.78, 5) is 24.8. The summed E-state index contributed by atoms with van der Waals surface area (Å²) in [5.41, 5.74) is 7.25. The van der Waals surface area contributed by atoms with Crippen molar-refractivity contribution in [3.8, 4) is 0 Å². The van der Waals surface area contributed by atoms with Gasteiger partial charge >= 0.3 is 5.97 Å². The Morgan fingerprint density at radius 2 is 2.04 bits per heavy atom. The topological polar surface area (TPSA) is 83.6 Å². The molecule has 1 atom stereocenters. The molecule has 1 aromatic heterocycles. The zero-order chi connectivity index (χ0) is 20.1. The largest absolute Gasteiger partial charge is 0.461 e. The second kappa shape index (κ2) is 6.62. The van der Waals surface area contributed by atoms with E-state index in [4.69, 9.17) is 15.2 Å². The first-order chi connectivity index (χ1) is 13.3. The first-order valence-electron chi connectivity index (χ1n) is 10.0. The van der Waals surface area contributed by atoms with Gasteiger partial charge in [-0.3, -0.25) is 4.79 Å². The van der Waals surface area contributed by atoms with Crippen molar-refractivity contribution in [3.05, 3.63) is 35.5 Å². The molecule has 4 rings (SSSR count). The zero-order valence-corrected chi connectivity index (χ0v) is 16.8. The Morgan fingerprint density at radius 1 is 1.29 bits per heavy atom. The van der Waals surface area contributed by atoms with Gasteiger partial charge in [-0.1, -0.05) is 6.07 Å². The van der Waals surface area contributed by atoms with Crippen molar-refractivity contribution >= 4 is 22.8 Å². The SMILES string of the molecule is CCOC(=O)c1cc2cc(C3CCOC(C)(C)C3)ccc2n1C1(C(N)=O)CC1. The fraction of sp³-hybridized carbons (Fsp3) is 0.545. The van der Waals surface area contributed by atoms with E-state index in [-0.39, 0.29) is 12.2 Å². The third-order valence-corrected chi connectivity index (χ3v) is 6.09. The van der Waals surface area contributed by atoms with Gasteiger partial charge in [0.05, 0.1) is 12.2 Å². The summed E-state index contributed by atoms with van der Waals surface area (Å²) in [7, 11) is 0. The number of fused-ring (bicyclic) bond motifs is 1. The smallest absolute Gasteiger partial charge is 0.355 e. The maximum absolute atomic E-state index is 12.6. The van der Waals surface area contributed by atoms with Gasteiger partial charge in [0, 0.05) is 17.5 Å². The second-order valence-electron chi connectivity index (χ2n) is 8.60. The molecule has 2 aromatic rings. The minimum Gasteiger partial charge on any atom is -0.461 e. The predicted octanol–water partition coefficient (Wildman–Crippen LogP) is 3.47. The van der Waals surface area contributed by atoms with Crippen LogP contribution in [-0.4, -0.2) is 35.3 Å². The van der Waals surface area contributed by atoms with Crippen LogP contribution in [0.4, 0.5) is 0 Å². The van der Waals surface area contributed by atoms with Gasteiger partial charge in [-0.25, -0.2) is 4.79 Å². The molecule has 1 amide bonds. The average molecular weight is 384 g/mol. The molecule has 6 heteroatoms. The minimum atomic E-state index is -0.813. The van der Waals surface area contributed by atoms with E-state index in [1.807, 2.05) is 12.1 Å². The lowest BCUT2D eigenvalue weighted by molar-refractivity contribution is -0.122. The molecule has 1 saturated carbocycles. The monoisotopic (exact) mass is 384 g/mol. The Kier molecular flexibility index (Phi) is 4.49. The first kappa shape index (κ1) is 19.0. The van der Waals surface area contributed by atoms with E-state index in [2.05, 4.69) is 26.0 Å². The first-order valence-corrected chi connectivity index (χ1v) is 10.0. The molecule has 150 valence electrons. The molecule has 2 heterocycles. The van der Waals surface area contributed by atoms with Crippen molar-refractivity contribution in [2.45, 2.75) is 63.5 Å². The van der Waals surface area contributed by atoms with E-state index in [9.17, 15) is 9.59 Å². The van der Waals surface area contributed by atoms with Crippen molar-refractivity contribution < 1.29 is 19.1 Å². The van der Waals surface area contributed by atoms with Crippen LogP contribution < -0.4 is 5.73 Å². The van der Waals surface area contributed by atoms with Crippen LogP contribution in [-0.2, 0) is 19.8 Å². The van der Waals surface area contributed by atoms with Crippen LogP contribution in [0.25, 0.3) is 10.9 Å². The van der Waals surface area contributed by atoms with Gasteiger partial charge in [0.2, 0.25) is 5.91 Å². The number of ether oxygens (including phenoxy) is 2. The maximum atomic E-state index is 12.6. The van der Waals surface area contributed by atoms with Crippen LogP contribution in [0.15, 0.2) is 24.3 Å². The molecule has 1 unspecified atom stereocenters. The maximum Gasteiger partial charge on any atom is 0.355 e. The number of esters is 1. The van der Waals surface area contributed by atoms with Gasteiger partial charge in [0.1, 0.15) is 11.2 Å². The number of amides is 1. The molecule has 0 bridgehead atoms. The van der Waals surface area contributed by atoms with E-state index in [0.29, 0.717) is 24.5 Å². The van der Waals surface area contributed by atoms with Gasteiger partial charge in [0.25, 0.3) is 0 Å². The van der Waals surface area contributed by atoms with Crippen LogP contribution in [0.5, 0.6) is 0 Å². The molecule has 1 saturated heterocycles. The molecular formula is C22H28N2O4. The summed E-state index contributed by atoms with van der Waals surface area (Å²) in [6, 6.07) is 8.10. The Bertz CT molecular complexity index is 939. The fourth-order valence-electron chi connectivity index (χ4n) is 4.52. The lowest BCUT2D eigenvalue weighted by Gasteiger charge is -2.35. The van der Waals surface area contributed by atoms with E-state index < -0.39 is 17.4 Å². The van der Waals surface area contributed by atoms with Crippen molar-refractivity contribution in [3.63, 3.8) is 0 Å². The Labute approximate surface area is 165 Å². The highest BCUT2D eigenvalue weighted by Crippen LogP contribution is 2.47. The van der Waals surface area contributed by atoms with Crippen LogP contribution >= 0.6 is 0 Å². The van der Waals surface area contributed by atoms with E-state index in [0.717, 1.165) is 30.4 Å². The van der Waals surface area contributed by atoms with Crippen molar-refractivity contribution in [2.75, 3.05) is 13.2 Å². The lowest BCUT2D eigenvalue weighted by Crippen LogP contribution is -2.36. The van der Waals surface area contributed by atoms with Crippen molar-refractivity contribution in [2.24, 2.45) is 5.73 Å². The van der Waals surface area contributed by atoms with Gasteiger partial charge in [-0.15, -0.1) is 0 Å².